The van der Waals surface area contributed by atoms with Crippen molar-refractivity contribution < 1.29 is 122 Å². The highest BCUT2D eigenvalue weighted by atomic mass is 19.4. The van der Waals surface area contributed by atoms with Crippen molar-refractivity contribution in [3.05, 3.63) is 37.0 Å². The van der Waals surface area contributed by atoms with E-state index in [1.165, 1.54) is 0 Å². The van der Waals surface area contributed by atoms with Crippen LogP contribution >= 0.6 is 0 Å². The molecule has 0 radical (unpaired) electrons. The van der Waals surface area contributed by atoms with Crippen LogP contribution in [0.3, 0.4) is 0 Å². The quantitative estimate of drug-likeness (QED) is 0.0701. The number of hydrogen-bond acceptors (Lipinski definition) is 9. The Morgan fingerprint density at radius 2 is 1.13 bits per heavy atom. The van der Waals surface area contributed by atoms with Crippen LogP contribution < -0.4 is 0 Å². The van der Waals surface area contributed by atoms with Gasteiger partial charge in [0.25, 0.3) is 16.8 Å². The summed E-state index contributed by atoms with van der Waals surface area (Å²) in [5.41, 5.74) is -23.9. The van der Waals surface area contributed by atoms with Crippen molar-refractivity contribution in [1.82, 2.24) is 0 Å². The molecule has 9 nitrogen and oxygen atoms in total. The highest BCUT2D eigenvalue weighted by molar-refractivity contribution is 5.87. The van der Waals surface area contributed by atoms with Gasteiger partial charge in [-0.25, -0.2) is 14.4 Å². The van der Waals surface area contributed by atoms with Crippen molar-refractivity contribution in [2.45, 2.75) is 138 Å². The molecule has 1 aliphatic rings. The standard InChI is InChI=1S/C33H36F18O9/c1-8-20(52)60-24(6,7)27(32(46,47)48,33(49,50)51)56-13-12-19(57-22(53)15(2)3)26(30(40,41)42,31(43,44)45)59-18-11-9-10-17(14-18)21(58-23(54)16(4)5)25(55,28(34,35)36)29(37,38)39/h8,17-19,21,55H,1-2,4,9-14H2,3,5-7H3. The molecule has 0 bridgehead atoms. The van der Waals surface area contributed by atoms with Crippen LogP contribution in [-0.4, -0.2) is 107 Å². The van der Waals surface area contributed by atoms with E-state index < -0.39 is 151 Å². The molecule has 1 saturated carbocycles. The number of rotatable bonds is 16. The Morgan fingerprint density at radius 1 is 0.700 bits per heavy atom. The number of halogens is 18. The first-order valence-electron chi connectivity index (χ1n) is 16.6. The maximum Gasteiger partial charge on any atom is 0.430 e. The minimum absolute atomic E-state index is 0.0637. The minimum Gasteiger partial charge on any atom is -0.455 e. The summed E-state index contributed by atoms with van der Waals surface area (Å²) in [5.74, 6) is -8.94. The van der Waals surface area contributed by atoms with Gasteiger partial charge in [-0.1, -0.05) is 26.2 Å². The Balaban J connectivity index is 4.12. The van der Waals surface area contributed by atoms with Crippen molar-refractivity contribution in [1.29, 1.82) is 0 Å². The van der Waals surface area contributed by atoms with Gasteiger partial charge in [0.1, 0.15) is 0 Å². The monoisotopic (exact) mass is 918 g/mol. The predicted molar refractivity (Wildman–Crippen MR) is 164 cm³/mol. The molecule has 1 rings (SSSR count). The van der Waals surface area contributed by atoms with Crippen molar-refractivity contribution >= 4 is 17.9 Å². The largest absolute Gasteiger partial charge is 0.455 e. The van der Waals surface area contributed by atoms with Crippen LogP contribution in [0.15, 0.2) is 37.0 Å². The minimum atomic E-state index is -7.05. The Hall–Kier alpha value is -3.75. The number of esters is 3. The Labute approximate surface area is 327 Å². The first kappa shape index (κ1) is 54.3. The van der Waals surface area contributed by atoms with Gasteiger partial charge in [0, 0.05) is 29.6 Å². The van der Waals surface area contributed by atoms with Gasteiger partial charge in [-0.15, -0.1) is 0 Å². The lowest BCUT2D eigenvalue weighted by molar-refractivity contribution is -0.427. The molecule has 0 saturated heterocycles. The third-order valence-electron chi connectivity index (χ3n) is 9.07. The van der Waals surface area contributed by atoms with Crippen molar-refractivity contribution in [3.8, 4) is 0 Å². The molecule has 4 atom stereocenters. The number of hydrogen-bond donors (Lipinski definition) is 1. The molecule has 4 unspecified atom stereocenters. The second-order valence-corrected chi connectivity index (χ2v) is 13.9. The van der Waals surface area contributed by atoms with Crippen LogP contribution in [0, 0.1) is 5.92 Å². The molecule has 27 heteroatoms. The van der Waals surface area contributed by atoms with Crippen LogP contribution in [-0.2, 0) is 38.1 Å². The van der Waals surface area contributed by atoms with E-state index in [1.54, 1.807) is 0 Å². The van der Waals surface area contributed by atoms with Gasteiger partial charge in [0.15, 0.2) is 17.8 Å². The molecule has 0 aromatic carbocycles. The molecule has 0 aromatic heterocycles. The Kier molecular flexibility index (Phi) is 16.2. The zero-order valence-corrected chi connectivity index (χ0v) is 31.3. The van der Waals surface area contributed by atoms with Gasteiger partial charge in [0.05, 0.1) is 12.7 Å². The van der Waals surface area contributed by atoms with Crippen LogP contribution in [0.1, 0.15) is 59.8 Å². The number of ether oxygens (including phenoxy) is 5. The summed E-state index contributed by atoms with van der Waals surface area (Å²) in [7, 11) is 0. The summed E-state index contributed by atoms with van der Waals surface area (Å²) in [6.45, 7) is 7.18. The van der Waals surface area contributed by atoms with Gasteiger partial charge in [0.2, 0.25) is 0 Å². The zero-order valence-electron chi connectivity index (χ0n) is 31.3. The highest BCUT2D eigenvalue weighted by Crippen LogP contribution is 2.56. The lowest BCUT2D eigenvalue weighted by Gasteiger charge is -2.48. The third-order valence-corrected chi connectivity index (χ3v) is 9.07. The molecular weight excluding hydrogens is 882 g/mol. The molecule has 1 fully saturated rings. The second kappa shape index (κ2) is 17.9. The van der Waals surface area contributed by atoms with E-state index >= 15 is 26.3 Å². The normalized spacial score (nSPS) is 19.2. The molecule has 0 spiro atoms. The molecule has 1 aliphatic carbocycles. The van der Waals surface area contributed by atoms with E-state index in [9.17, 15) is 72.2 Å². The molecule has 0 aliphatic heterocycles. The average molecular weight is 919 g/mol. The molecule has 0 amide bonds. The molecule has 0 heterocycles. The van der Waals surface area contributed by atoms with Gasteiger partial charge in [-0.05, 0) is 47.0 Å². The van der Waals surface area contributed by atoms with Crippen LogP contribution in [0.5, 0.6) is 0 Å². The summed E-state index contributed by atoms with van der Waals surface area (Å²) < 4.78 is 281. The highest BCUT2D eigenvalue weighted by Gasteiger charge is 2.82. The Bertz CT molecular complexity index is 1540. The van der Waals surface area contributed by atoms with Crippen LogP contribution in [0.25, 0.3) is 0 Å². The maximum absolute atomic E-state index is 15.0. The van der Waals surface area contributed by atoms with Gasteiger partial charge >= 0.3 is 55.0 Å². The molecule has 1 N–H and O–H groups in total. The summed E-state index contributed by atoms with van der Waals surface area (Å²) in [5, 5.41) is 10.1. The Morgan fingerprint density at radius 3 is 1.50 bits per heavy atom. The van der Waals surface area contributed by atoms with E-state index in [1.807, 2.05) is 0 Å². The first-order valence-corrected chi connectivity index (χ1v) is 16.6. The lowest BCUT2D eigenvalue weighted by Crippen LogP contribution is -2.72. The topological polar surface area (TPSA) is 118 Å². The summed E-state index contributed by atoms with van der Waals surface area (Å²) in [4.78, 5) is 36.4. The smallest absolute Gasteiger partial charge is 0.430 e. The van der Waals surface area contributed by atoms with E-state index in [4.69, 9.17) is 0 Å². The fourth-order valence-electron chi connectivity index (χ4n) is 6.22. The fourth-order valence-corrected chi connectivity index (χ4v) is 6.22. The van der Waals surface area contributed by atoms with Gasteiger partial charge < -0.3 is 28.8 Å². The fraction of sp³-hybridized carbons (Fsp3) is 0.727. The van der Waals surface area contributed by atoms with E-state index in [-0.39, 0.29) is 19.9 Å². The summed E-state index contributed by atoms with van der Waals surface area (Å²) in [6.07, 6.45) is -59.6. The van der Waals surface area contributed by atoms with Crippen molar-refractivity contribution in [2.75, 3.05) is 6.61 Å². The van der Waals surface area contributed by atoms with Crippen LogP contribution in [0.2, 0.25) is 0 Å². The number of carbonyl (C=O) groups is 3. The second-order valence-electron chi connectivity index (χ2n) is 13.9. The summed E-state index contributed by atoms with van der Waals surface area (Å²) >= 11 is 0. The average Bonchev–Trinajstić information content (AvgIpc) is 3.03. The van der Waals surface area contributed by atoms with E-state index in [2.05, 4.69) is 43.4 Å². The first-order chi connectivity index (χ1) is 26.5. The number of alkyl halides is 18. The lowest BCUT2D eigenvalue weighted by atomic mass is 9.76. The molecule has 0 aromatic rings. The van der Waals surface area contributed by atoms with Gasteiger partial charge in [-0.3, -0.25) is 0 Å². The van der Waals surface area contributed by atoms with E-state index in [0.717, 1.165) is 0 Å². The SMILES string of the molecule is C=CC(=O)OC(C)(C)C(OCCC(OC(=O)C(=C)C)C(OC1CCCC(C(OC(=O)C(=C)C)C(O)(C(F)(F)F)C(F)(F)F)C1)(C(F)(F)F)C(F)(F)F)(C(F)(F)F)C(F)(F)F. The summed E-state index contributed by atoms with van der Waals surface area (Å²) in [6, 6.07) is 0. The number of carbonyl (C=O) groups excluding carboxylic acids is 3. The third kappa shape index (κ3) is 10.6. The molecule has 348 valence electrons. The predicted octanol–water partition coefficient (Wildman–Crippen LogP) is 9.03. The van der Waals surface area contributed by atoms with E-state index in [0.29, 0.717) is 13.8 Å². The molecular formula is C33H36F18O9. The zero-order chi connectivity index (χ0) is 47.7. The molecule has 60 heavy (non-hydrogen) atoms. The van der Waals surface area contributed by atoms with Crippen molar-refractivity contribution in [2.24, 2.45) is 5.92 Å². The number of aliphatic hydroxyl groups is 1. The van der Waals surface area contributed by atoms with Crippen LogP contribution in [0.4, 0.5) is 79.0 Å². The van der Waals surface area contributed by atoms with Crippen molar-refractivity contribution in [3.63, 3.8) is 0 Å². The maximum atomic E-state index is 15.0. The van der Waals surface area contributed by atoms with Gasteiger partial charge in [-0.2, -0.15) is 79.0 Å².